The molecule has 2 aliphatic rings. The van der Waals surface area contributed by atoms with Crippen LogP contribution in [0.25, 0.3) is 0 Å². The summed E-state index contributed by atoms with van der Waals surface area (Å²) >= 11 is 0. The number of hydrogen-bond acceptors (Lipinski definition) is 3. The standard InChI is InChI=1S/C12H15N3/c1-14-15-8-4-7-12(15)11-6-3-2-5-10(11)9-13/h2-3,5,11-12H,1,4,6-8H2. The molecule has 2 atom stereocenters. The second kappa shape index (κ2) is 4.31. The van der Waals surface area contributed by atoms with E-state index in [2.05, 4.69) is 24.0 Å². The molecule has 0 N–H and O–H groups in total. The Morgan fingerprint density at radius 1 is 1.60 bits per heavy atom. The second-order valence-corrected chi connectivity index (χ2v) is 4.02. The van der Waals surface area contributed by atoms with Crippen molar-refractivity contribution < 1.29 is 0 Å². The summed E-state index contributed by atoms with van der Waals surface area (Å²) in [6.45, 7) is 4.57. The lowest BCUT2D eigenvalue weighted by Crippen LogP contribution is -2.33. The molecule has 0 aromatic heterocycles. The van der Waals surface area contributed by atoms with Gasteiger partial charge in [0.2, 0.25) is 0 Å². The summed E-state index contributed by atoms with van der Waals surface area (Å²) < 4.78 is 0. The first kappa shape index (κ1) is 9.97. The highest BCUT2D eigenvalue weighted by Crippen LogP contribution is 2.32. The van der Waals surface area contributed by atoms with E-state index < -0.39 is 0 Å². The summed E-state index contributed by atoms with van der Waals surface area (Å²) in [7, 11) is 0. The SMILES string of the molecule is C=NN1CCCC1C1CC=CC=C1C#N. The molecule has 0 aromatic carbocycles. The Hall–Kier alpha value is -1.56. The van der Waals surface area contributed by atoms with Gasteiger partial charge in [0, 0.05) is 24.8 Å². The number of nitriles is 1. The van der Waals surface area contributed by atoms with Crippen molar-refractivity contribution in [3.05, 3.63) is 23.8 Å². The third-order valence-electron chi connectivity index (χ3n) is 3.25. The molecular weight excluding hydrogens is 186 g/mol. The zero-order valence-corrected chi connectivity index (χ0v) is 8.76. The Kier molecular flexibility index (Phi) is 2.86. The van der Waals surface area contributed by atoms with Gasteiger partial charge in [0.25, 0.3) is 0 Å². The molecule has 3 nitrogen and oxygen atoms in total. The van der Waals surface area contributed by atoms with E-state index in [9.17, 15) is 0 Å². The number of rotatable bonds is 2. The van der Waals surface area contributed by atoms with E-state index in [0.717, 1.165) is 31.4 Å². The van der Waals surface area contributed by atoms with Crippen molar-refractivity contribution in [2.24, 2.45) is 11.0 Å². The van der Waals surface area contributed by atoms with Gasteiger partial charge >= 0.3 is 0 Å². The summed E-state index contributed by atoms with van der Waals surface area (Å²) in [6.07, 6.45) is 9.25. The van der Waals surface area contributed by atoms with Crippen LogP contribution < -0.4 is 0 Å². The highest BCUT2D eigenvalue weighted by atomic mass is 15.5. The molecule has 1 heterocycles. The van der Waals surface area contributed by atoms with Crippen molar-refractivity contribution in [3.63, 3.8) is 0 Å². The molecule has 0 aromatic rings. The zero-order valence-electron chi connectivity index (χ0n) is 8.76. The van der Waals surface area contributed by atoms with Crippen molar-refractivity contribution in [1.82, 2.24) is 5.01 Å². The van der Waals surface area contributed by atoms with Gasteiger partial charge in [0.05, 0.1) is 12.1 Å². The Labute approximate surface area is 90.4 Å². The molecule has 1 aliphatic carbocycles. The molecular formula is C12H15N3. The van der Waals surface area contributed by atoms with E-state index in [1.54, 1.807) is 0 Å². The van der Waals surface area contributed by atoms with Crippen LogP contribution >= 0.6 is 0 Å². The van der Waals surface area contributed by atoms with Crippen LogP contribution in [0.15, 0.2) is 28.9 Å². The molecule has 0 bridgehead atoms. The predicted molar refractivity (Wildman–Crippen MR) is 60.2 cm³/mol. The van der Waals surface area contributed by atoms with Crippen LogP contribution in [0.5, 0.6) is 0 Å². The fraction of sp³-hybridized carbons (Fsp3) is 0.500. The van der Waals surface area contributed by atoms with Crippen molar-refractivity contribution >= 4 is 6.72 Å². The highest BCUT2D eigenvalue weighted by molar-refractivity contribution is 5.33. The van der Waals surface area contributed by atoms with E-state index in [0.29, 0.717) is 12.0 Å². The van der Waals surface area contributed by atoms with E-state index in [1.807, 2.05) is 17.2 Å². The molecule has 2 unspecified atom stereocenters. The van der Waals surface area contributed by atoms with Crippen LogP contribution in [0.1, 0.15) is 19.3 Å². The molecule has 15 heavy (non-hydrogen) atoms. The zero-order chi connectivity index (χ0) is 10.7. The van der Waals surface area contributed by atoms with Gasteiger partial charge in [0.1, 0.15) is 0 Å². The maximum atomic E-state index is 9.06. The minimum Gasteiger partial charge on any atom is -0.294 e. The van der Waals surface area contributed by atoms with E-state index in [4.69, 9.17) is 5.26 Å². The second-order valence-electron chi connectivity index (χ2n) is 4.02. The van der Waals surface area contributed by atoms with Crippen LogP contribution in [0.2, 0.25) is 0 Å². The number of nitrogens with zero attached hydrogens (tertiary/aromatic N) is 3. The molecule has 0 spiro atoms. The van der Waals surface area contributed by atoms with E-state index in [-0.39, 0.29) is 0 Å². The van der Waals surface area contributed by atoms with Gasteiger partial charge in [-0.2, -0.15) is 10.4 Å². The average Bonchev–Trinajstić information content (AvgIpc) is 2.76. The maximum Gasteiger partial charge on any atom is 0.0951 e. The van der Waals surface area contributed by atoms with Crippen molar-refractivity contribution in [1.29, 1.82) is 5.26 Å². The van der Waals surface area contributed by atoms with Gasteiger partial charge in [0.15, 0.2) is 0 Å². The Bertz CT molecular complexity index is 348. The molecule has 1 saturated heterocycles. The number of allylic oxidation sites excluding steroid dienone is 3. The fourth-order valence-electron chi connectivity index (χ4n) is 2.49. The van der Waals surface area contributed by atoms with Gasteiger partial charge in [-0.25, -0.2) is 0 Å². The summed E-state index contributed by atoms with van der Waals surface area (Å²) in [5.41, 5.74) is 0.887. The van der Waals surface area contributed by atoms with Crippen molar-refractivity contribution in [3.8, 4) is 6.07 Å². The van der Waals surface area contributed by atoms with Gasteiger partial charge in [-0.1, -0.05) is 12.2 Å². The Morgan fingerprint density at radius 2 is 2.47 bits per heavy atom. The van der Waals surface area contributed by atoms with Crippen LogP contribution in [-0.2, 0) is 0 Å². The average molecular weight is 201 g/mol. The monoisotopic (exact) mass is 201 g/mol. The predicted octanol–water partition coefficient (Wildman–Crippen LogP) is 2.09. The van der Waals surface area contributed by atoms with Crippen LogP contribution in [-0.4, -0.2) is 24.3 Å². The van der Waals surface area contributed by atoms with E-state index >= 15 is 0 Å². The van der Waals surface area contributed by atoms with Crippen molar-refractivity contribution in [2.75, 3.05) is 6.54 Å². The topological polar surface area (TPSA) is 39.4 Å². The minimum absolute atomic E-state index is 0.313. The summed E-state index contributed by atoms with van der Waals surface area (Å²) in [5, 5.41) is 15.1. The van der Waals surface area contributed by atoms with Crippen LogP contribution in [0, 0.1) is 17.2 Å². The molecule has 0 radical (unpaired) electrons. The van der Waals surface area contributed by atoms with Gasteiger partial charge < -0.3 is 0 Å². The van der Waals surface area contributed by atoms with Gasteiger partial charge in [-0.3, -0.25) is 5.01 Å². The molecule has 1 aliphatic heterocycles. The fourth-order valence-corrected chi connectivity index (χ4v) is 2.49. The Balaban J connectivity index is 2.17. The lowest BCUT2D eigenvalue weighted by Gasteiger charge is -2.29. The largest absolute Gasteiger partial charge is 0.294 e. The molecule has 3 heteroatoms. The number of hydrazone groups is 1. The first-order valence-electron chi connectivity index (χ1n) is 5.37. The lowest BCUT2D eigenvalue weighted by atomic mass is 9.85. The molecule has 0 amide bonds. The smallest absolute Gasteiger partial charge is 0.0951 e. The van der Waals surface area contributed by atoms with Crippen LogP contribution in [0.4, 0.5) is 0 Å². The first-order valence-corrected chi connectivity index (χ1v) is 5.37. The molecule has 1 fully saturated rings. The quantitative estimate of drug-likeness (QED) is 0.642. The third-order valence-corrected chi connectivity index (χ3v) is 3.25. The van der Waals surface area contributed by atoms with Crippen LogP contribution in [0.3, 0.4) is 0 Å². The first-order chi connectivity index (χ1) is 7.36. The maximum absolute atomic E-state index is 9.06. The summed E-state index contributed by atoms with van der Waals surface area (Å²) in [4.78, 5) is 0. The van der Waals surface area contributed by atoms with Crippen molar-refractivity contribution in [2.45, 2.75) is 25.3 Å². The minimum atomic E-state index is 0.313. The number of hydrogen-bond donors (Lipinski definition) is 0. The molecule has 2 rings (SSSR count). The summed E-state index contributed by atoms with van der Waals surface area (Å²) in [6, 6.07) is 2.67. The van der Waals surface area contributed by atoms with E-state index in [1.165, 1.54) is 0 Å². The normalized spacial score (nSPS) is 29.8. The molecule has 0 saturated carbocycles. The Morgan fingerprint density at radius 3 is 3.20 bits per heavy atom. The third kappa shape index (κ3) is 1.80. The van der Waals surface area contributed by atoms with Gasteiger partial charge in [-0.15, -0.1) is 0 Å². The summed E-state index contributed by atoms with van der Waals surface area (Å²) in [5.74, 6) is 0.313. The molecule has 78 valence electrons. The highest BCUT2D eigenvalue weighted by Gasteiger charge is 2.33. The van der Waals surface area contributed by atoms with Gasteiger partial charge in [-0.05, 0) is 25.3 Å². The lowest BCUT2D eigenvalue weighted by molar-refractivity contribution is 0.218.